The lowest BCUT2D eigenvalue weighted by Gasteiger charge is -2.32. The summed E-state index contributed by atoms with van der Waals surface area (Å²) in [6, 6.07) is 0. The van der Waals surface area contributed by atoms with Crippen molar-refractivity contribution in [3.8, 4) is 0 Å². The highest BCUT2D eigenvalue weighted by Crippen LogP contribution is 2.66. The number of piperidine rings is 1. The Morgan fingerprint density at radius 3 is 2.50 bits per heavy atom. The number of aliphatic carboxylic acids is 1. The van der Waals surface area contributed by atoms with Gasteiger partial charge in [-0.3, -0.25) is 4.79 Å². The summed E-state index contributed by atoms with van der Waals surface area (Å²) in [6.45, 7) is 4.66. The molecule has 1 amide bonds. The van der Waals surface area contributed by atoms with Gasteiger partial charge in [-0.05, 0) is 19.3 Å². The van der Waals surface area contributed by atoms with E-state index < -0.39 is 10.8 Å². The number of carboxylic acid groups (broad SMARTS) is 1. The molecule has 1 N–H and O–H groups in total. The van der Waals surface area contributed by atoms with Gasteiger partial charge in [-0.25, -0.2) is 4.79 Å². The standard InChI is InChI=1S/C12H16ClNO4/c1-2-7-18-10(17)14-5-3-11(4-6-14)8-12(11,13)9(15)16/h2H,1,3-8H2,(H,15,16). The zero-order valence-electron chi connectivity index (χ0n) is 10.0. The highest BCUT2D eigenvalue weighted by Gasteiger charge is 2.71. The number of carbonyl (C=O) groups is 2. The van der Waals surface area contributed by atoms with Gasteiger partial charge in [0.05, 0.1) is 0 Å². The summed E-state index contributed by atoms with van der Waals surface area (Å²) in [5.74, 6) is -0.952. The second kappa shape index (κ2) is 4.46. The average molecular weight is 274 g/mol. The fourth-order valence-electron chi connectivity index (χ4n) is 2.64. The maximum atomic E-state index is 11.6. The Morgan fingerprint density at radius 2 is 2.06 bits per heavy atom. The summed E-state index contributed by atoms with van der Waals surface area (Å²) in [6.07, 6.45) is 2.86. The molecule has 0 aromatic heterocycles. The number of likely N-dealkylation sites (tertiary alicyclic amines) is 1. The molecule has 100 valence electrons. The highest BCUT2D eigenvalue weighted by atomic mass is 35.5. The van der Waals surface area contributed by atoms with Crippen molar-refractivity contribution in [3.63, 3.8) is 0 Å². The molecule has 5 nitrogen and oxygen atoms in total. The second-order valence-electron chi connectivity index (χ2n) is 4.92. The largest absolute Gasteiger partial charge is 0.480 e. The van der Waals surface area contributed by atoms with Crippen molar-refractivity contribution < 1.29 is 19.4 Å². The minimum absolute atomic E-state index is 0.190. The number of ether oxygens (including phenoxy) is 1. The van der Waals surface area contributed by atoms with E-state index in [1.54, 1.807) is 4.90 Å². The number of halogens is 1. The summed E-state index contributed by atoms with van der Waals surface area (Å²) in [5, 5.41) is 9.07. The summed E-state index contributed by atoms with van der Waals surface area (Å²) in [7, 11) is 0. The number of alkyl halides is 1. The molecule has 1 saturated heterocycles. The fraction of sp³-hybridized carbons (Fsp3) is 0.667. The summed E-state index contributed by atoms with van der Waals surface area (Å²) < 4.78 is 4.94. The Balaban J connectivity index is 1.88. The number of rotatable bonds is 3. The van der Waals surface area contributed by atoms with E-state index in [-0.39, 0.29) is 18.1 Å². The van der Waals surface area contributed by atoms with Gasteiger partial charge in [0.1, 0.15) is 11.5 Å². The third-order valence-corrected chi connectivity index (χ3v) is 4.64. The van der Waals surface area contributed by atoms with Crippen LogP contribution in [0.5, 0.6) is 0 Å². The first-order valence-electron chi connectivity index (χ1n) is 5.90. The lowest BCUT2D eigenvalue weighted by Crippen LogP contribution is -2.42. The van der Waals surface area contributed by atoms with Crippen LogP contribution in [0.15, 0.2) is 12.7 Å². The molecule has 1 aliphatic heterocycles. The third kappa shape index (κ3) is 1.96. The van der Waals surface area contributed by atoms with E-state index in [4.69, 9.17) is 21.4 Å². The number of hydrogen-bond donors (Lipinski definition) is 1. The molecule has 1 atom stereocenters. The third-order valence-electron chi connectivity index (χ3n) is 3.94. The lowest BCUT2D eigenvalue weighted by molar-refractivity contribution is -0.138. The quantitative estimate of drug-likeness (QED) is 0.630. The topological polar surface area (TPSA) is 66.8 Å². The van der Waals surface area contributed by atoms with Crippen LogP contribution in [0.25, 0.3) is 0 Å². The van der Waals surface area contributed by atoms with E-state index in [1.807, 2.05) is 0 Å². The van der Waals surface area contributed by atoms with E-state index in [0.29, 0.717) is 32.4 Å². The summed E-state index contributed by atoms with van der Waals surface area (Å²) >= 11 is 6.08. The van der Waals surface area contributed by atoms with Crippen LogP contribution in [-0.2, 0) is 9.53 Å². The number of carbonyl (C=O) groups excluding carboxylic acids is 1. The normalized spacial score (nSPS) is 28.8. The van der Waals surface area contributed by atoms with Gasteiger partial charge in [0, 0.05) is 18.5 Å². The minimum atomic E-state index is -1.12. The lowest BCUT2D eigenvalue weighted by atomic mass is 9.91. The molecule has 2 aliphatic rings. The van der Waals surface area contributed by atoms with Crippen molar-refractivity contribution in [1.29, 1.82) is 0 Å². The Hall–Kier alpha value is -1.23. The minimum Gasteiger partial charge on any atom is -0.480 e. The summed E-state index contributed by atoms with van der Waals surface area (Å²) in [5.41, 5.74) is -0.338. The van der Waals surface area contributed by atoms with Crippen molar-refractivity contribution >= 4 is 23.7 Å². The fourth-order valence-corrected chi connectivity index (χ4v) is 3.08. The van der Waals surface area contributed by atoms with Crippen LogP contribution in [0, 0.1) is 5.41 Å². The first-order valence-corrected chi connectivity index (χ1v) is 6.28. The second-order valence-corrected chi connectivity index (χ2v) is 5.56. The highest BCUT2D eigenvalue weighted by molar-refractivity contribution is 6.37. The van der Waals surface area contributed by atoms with Gasteiger partial charge in [-0.2, -0.15) is 0 Å². The van der Waals surface area contributed by atoms with E-state index in [9.17, 15) is 9.59 Å². The molecule has 2 rings (SSSR count). The molecule has 1 saturated carbocycles. The van der Waals surface area contributed by atoms with E-state index in [0.717, 1.165) is 0 Å². The van der Waals surface area contributed by atoms with Gasteiger partial charge in [0.25, 0.3) is 0 Å². The Bertz CT molecular complexity index is 390. The van der Waals surface area contributed by atoms with Crippen LogP contribution in [-0.4, -0.2) is 46.6 Å². The molecular weight excluding hydrogens is 258 g/mol. The average Bonchev–Trinajstić information content (AvgIpc) is 2.93. The first-order chi connectivity index (χ1) is 8.45. The Morgan fingerprint density at radius 1 is 1.44 bits per heavy atom. The van der Waals surface area contributed by atoms with Gasteiger partial charge in [0.15, 0.2) is 0 Å². The van der Waals surface area contributed by atoms with Crippen LogP contribution in [0.3, 0.4) is 0 Å². The van der Waals surface area contributed by atoms with Crippen molar-refractivity contribution in [2.45, 2.75) is 24.1 Å². The van der Waals surface area contributed by atoms with Crippen molar-refractivity contribution in [2.24, 2.45) is 5.41 Å². The first kappa shape index (κ1) is 13.2. The van der Waals surface area contributed by atoms with Crippen molar-refractivity contribution in [2.75, 3.05) is 19.7 Å². The van der Waals surface area contributed by atoms with Crippen molar-refractivity contribution in [3.05, 3.63) is 12.7 Å². The molecule has 1 heterocycles. The van der Waals surface area contributed by atoms with Crippen LogP contribution < -0.4 is 0 Å². The molecule has 0 bridgehead atoms. The SMILES string of the molecule is C=CCOC(=O)N1CCC2(CC1)CC2(Cl)C(=O)O. The zero-order chi connectivity index (χ0) is 13.4. The van der Waals surface area contributed by atoms with Crippen LogP contribution in [0.2, 0.25) is 0 Å². The van der Waals surface area contributed by atoms with Crippen LogP contribution in [0.1, 0.15) is 19.3 Å². The van der Waals surface area contributed by atoms with Crippen molar-refractivity contribution in [1.82, 2.24) is 4.90 Å². The van der Waals surface area contributed by atoms with Gasteiger partial charge in [-0.1, -0.05) is 12.7 Å². The zero-order valence-corrected chi connectivity index (χ0v) is 10.8. The van der Waals surface area contributed by atoms with Gasteiger partial charge in [0.2, 0.25) is 0 Å². The maximum absolute atomic E-state index is 11.6. The predicted molar refractivity (Wildman–Crippen MR) is 65.6 cm³/mol. The molecule has 6 heteroatoms. The van der Waals surface area contributed by atoms with Gasteiger partial charge >= 0.3 is 12.1 Å². The number of carboxylic acids is 1. The maximum Gasteiger partial charge on any atom is 0.410 e. The smallest absolute Gasteiger partial charge is 0.410 e. The molecule has 1 spiro atoms. The summed E-state index contributed by atoms with van der Waals surface area (Å²) in [4.78, 5) is 23.1. The molecule has 1 aliphatic carbocycles. The van der Waals surface area contributed by atoms with Gasteiger partial charge < -0.3 is 14.7 Å². The molecule has 0 aromatic carbocycles. The molecule has 18 heavy (non-hydrogen) atoms. The Labute approximate surface area is 110 Å². The monoisotopic (exact) mass is 273 g/mol. The van der Waals surface area contributed by atoms with Crippen LogP contribution >= 0.6 is 11.6 Å². The van der Waals surface area contributed by atoms with E-state index >= 15 is 0 Å². The number of hydrogen-bond acceptors (Lipinski definition) is 3. The number of amides is 1. The van der Waals surface area contributed by atoms with Crippen LogP contribution in [0.4, 0.5) is 4.79 Å². The predicted octanol–water partition coefficient (Wildman–Crippen LogP) is 1.86. The molecule has 2 fully saturated rings. The molecule has 1 unspecified atom stereocenters. The van der Waals surface area contributed by atoms with Gasteiger partial charge in [-0.15, -0.1) is 11.6 Å². The molecular formula is C12H16ClNO4. The van der Waals surface area contributed by atoms with E-state index in [2.05, 4.69) is 6.58 Å². The molecule has 0 radical (unpaired) electrons. The molecule has 0 aromatic rings. The Kier molecular flexibility index (Phi) is 3.27. The van der Waals surface area contributed by atoms with E-state index in [1.165, 1.54) is 6.08 Å². The number of nitrogens with zero attached hydrogens (tertiary/aromatic N) is 1.